The van der Waals surface area contributed by atoms with Gasteiger partial charge in [0.1, 0.15) is 5.69 Å². The predicted molar refractivity (Wildman–Crippen MR) is 104 cm³/mol. The predicted octanol–water partition coefficient (Wildman–Crippen LogP) is 1.89. The molecule has 142 valence electrons. The molecule has 27 heavy (non-hydrogen) atoms. The standard InChI is InChI=1S/C18H20N4O4S/c1-12(23)20-13-2-4-14(5-3-13)22-18(24)17-10-15(6-8-19-17)21-16-7-9-27(25,26)11-16/h2-6,8,10,16H,7,9,11H2,1H3,(H,19,21)(H,20,23)(H,22,24). The smallest absolute Gasteiger partial charge is 0.274 e. The van der Waals surface area contributed by atoms with Crippen molar-refractivity contribution in [2.75, 3.05) is 27.5 Å². The van der Waals surface area contributed by atoms with Crippen molar-refractivity contribution in [2.45, 2.75) is 19.4 Å². The number of pyridine rings is 1. The first kappa shape index (κ1) is 18.8. The highest BCUT2D eigenvalue weighted by Crippen LogP contribution is 2.19. The molecule has 1 fully saturated rings. The molecule has 0 bridgehead atoms. The molecule has 2 aromatic rings. The Bertz CT molecular complexity index is 958. The summed E-state index contributed by atoms with van der Waals surface area (Å²) in [5.41, 5.74) is 2.07. The van der Waals surface area contributed by atoms with E-state index in [1.54, 1.807) is 36.4 Å². The minimum atomic E-state index is -2.98. The van der Waals surface area contributed by atoms with Crippen LogP contribution in [0.2, 0.25) is 0 Å². The fourth-order valence-corrected chi connectivity index (χ4v) is 4.50. The number of aromatic nitrogens is 1. The lowest BCUT2D eigenvalue weighted by atomic mass is 10.2. The van der Waals surface area contributed by atoms with Crippen molar-refractivity contribution < 1.29 is 18.0 Å². The topological polar surface area (TPSA) is 117 Å². The summed E-state index contributed by atoms with van der Waals surface area (Å²) in [6.45, 7) is 1.42. The summed E-state index contributed by atoms with van der Waals surface area (Å²) in [4.78, 5) is 27.5. The number of nitrogens with one attached hydrogen (secondary N) is 3. The van der Waals surface area contributed by atoms with Crippen LogP contribution in [0.25, 0.3) is 0 Å². The normalized spacial score (nSPS) is 17.9. The van der Waals surface area contributed by atoms with Gasteiger partial charge < -0.3 is 16.0 Å². The lowest BCUT2D eigenvalue weighted by Crippen LogP contribution is -2.21. The number of hydrogen-bond acceptors (Lipinski definition) is 6. The molecule has 1 saturated heterocycles. The quantitative estimate of drug-likeness (QED) is 0.720. The van der Waals surface area contributed by atoms with E-state index in [1.807, 2.05) is 0 Å². The number of carbonyl (C=O) groups excluding carboxylic acids is 2. The summed E-state index contributed by atoms with van der Waals surface area (Å²) >= 11 is 0. The Morgan fingerprint density at radius 1 is 1.04 bits per heavy atom. The van der Waals surface area contributed by atoms with E-state index in [-0.39, 0.29) is 35.1 Å². The molecule has 1 aliphatic heterocycles. The summed E-state index contributed by atoms with van der Waals surface area (Å²) in [6.07, 6.45) is 2.05. The SMILES string of the molecule is CC(=O)Nc1ccc(NC(=O)c2cc(NC3CCS(=O)(=O)C3)ccn2)cc1. The molecule has 1 aromatic carbocycles. The highest BCUT2D eigenvalue weighted by atomic mass is 32.2. The van der Waals surface area contributed by atoms with Gasteiger partial charge in [0.2, 0.25) is 5.91 Å². The molecule has 3 N–H and O–H groups in total. The molecule has 0 spiro atoms. The monoisotopic (exact) mass is 388 g/mol. The molecular weight excluding hydrogens is 368 g/mol. The van der Waals surface area contributed by atoms with E-state index in [0.29, 0.717) is 23.5 Å². The van der Waals surface area contributed by atoms with Crippen molar-refractivity contribution in [1.82, 2.24) is 4.98 Å². The molecule has 9 heteroatoms. The zero-order valence-electron chi connectivity index (χ0n) is 14.7. The van der Waals surface area contributed by atoms with Gasteiger partial charge in [0.15, 0.2) is 9.84 Å². The maximum atomic E-state index is 12.4. The zero-order valence-corrected chi connectivity index (χ0v) is 15.5. The van der Waals surface area contributed by atoms with E-state index in [1.165, 1.54) is 13.1 Å². The lowest BCUT2D eigenvalue weighted by molar-refractivity contribution is -0.114. The van der Waals surface area contributed by atoms with E-state index in [4.69, 9.17) is 0 Å². The Kier molecular flexibility index (Phi) is 5.41. The number of carbonyl (C=O) groups is 2. The molecule has 2 heterocycles. The van der Waals surface area contributed by atoms with Crippen molar-refractivity contribution in [3.63, 3.8) is 0 Å². The third-order valence-corrected chi connectivity index (χ3v) is 5.83. The van der Waals surface area contributed by atoms with Crippen LogP contribution in [0.4, 0.5) is 17.1 Å². The molecule has 0 aliphatic carbocycles. The molecule has 1 aromatic heterocycles. The lowest BCUT2D eigenvalue weighted by Gasteiger charge is -2.13. The second kappa shape index (κ2) is 7.75. The van der Waals surface area contributed by atoms with Crippen LogP contribution < -0.4 is 16.0 Å². The van der Waals surface area contributed by atoms with Crippen LogP contribution in [0.5, 0.6) is 0 Å². The van der Waals surface area contributed by atoms with Crippen molar-refractivity contribution in [3.8, 4) is 0 Å². The van der Waals surface area contributed by atoms with Gasteiger partial charge in [-0.15, -0.1) is 0 Å². The molecule has 0 radical (unpaired) electrons. The first-order valence-electron chi connectivity index (χ1n) is 8.43. The maximum absolute atomic E-state index is 12.4. The number of benzene rings is 1. The fraction of sp³-hybridized carbons (Fsp3) is 0.278. The number of sulfone groups is 1. The Balaban J connectivity index is 1.64. The van der Waals surface area contributed by atoms with E-state index >= 15 is 0 Å². The first-order chi connectivity index (χ1) is 12.8. The van der Waals surface area contributed by atoms with Crippen LogP contribution in [0.15, 0.2) is 42.6 Å². The van der Waals surface area contributed by atoms with Crippen LogP contribution in [-0.4, -0.2) is 42.8 Å². The summed E-state index contributed by atoms with van der Waals surface area (Å²) in [5, 5.41) is 8.53. The summed E-state index contributed by atoms with van der Waals surface area (Å²) in [6, 6.07) is 9.85. The Morgan fingerprint density at radius 3 is 2.30 bits per heavy atom. The maximum Gasteiger partial charge on any atom is 0.274 e. The van der Waals surface area contributed by atoms with Gasteiger partial charge in [-0.3, -0.25) is 14.6 Å². The summed E-state index contributed by atoms with van der Waals surface area (Å²) < 4.78 is 23.1. The molecule has 1 aliphatic rings. The van der Waals surface area contributed by atoms with Crippen LogP contribution >= 0.6 is 0 Å². The highest BCUT2D eigenvalue weighted by molar-refractivity contribution is 7.91. The Hall–Kier alpha value is -2.94. The molecule has 3 rings (SSSR count). The minimum Gasteiger partial charge on any atom is -0.381 e. The number of rotatable bonds is 5. The van der Waals surface area contributed by atoms with Gasteiger partial charge >= 0.3 is 0 Å². The molecular formula is C18H20N4O4S. The van der Waals surface area contributed by atoms with Crippen molar-refractivity contribution in [2.24, 2.45) is 0 Å². The van der Waals surface area contributed by atoms with Crippen LogP contribution in [0.1, 0.15) is 23.8 Å². The number of amides is 2. The minimum absolute atomic E-state index is 0.0947. The molecule has 1 unspecified atom stereocenters. The van der Waals surface area contributed by atoms with Gasteiger partial charge in [0.25, 0.3) is 5.91 Å². The number of hydrogen-bond donors (Lipinski definition) is 3. The van der Waals surface area contributed by atoms with Gasteiger partial charge in [-0.2, -0.15) is 0 Å². The summed E-state index contributed by atoms with van der Waals surface area (Å²) in [5.74, 6) is -0.282. The van der Waals surface area contributed by atoms with E-state index < -0.39 is 9.84 Å². The first-order valence-corrected chi connectivity index (χ1v) is 10.2. The van der Waals surface area contributed by atoms with Crippen molar-refractivity contribution in [1.29, 1.82) is 0 Å². The molecule has 1 atom stereocenters. The molecule has 0 saturated carbocycles. The van der Waals surface area contributed by atoms with Crippen LogP contribution in [0.3, 0.4) is 0 Å². The largest absolute Gasteiger partial charge is 0.381 e. The third-order valence-electron chi connectivity index (χ3n) is 4.06. The Labute approximate surface area is 157 Å². The van der Waals surface area contributed by atoms with E-state index in [2.05, 4.69) is 20.9 Å². The molecule has 8 nitrogen and oxygen atoms in total. The summed E-state index contributed by atoms with van der Waals surface area (Å²) in [7, 11) is -2.98. The third kappa shape index (κ3) is 5.27. The van der Waals surface area contributed by atoms with Gasteiger partial charge in [0, 0.05) is 36.2 Å². The fourth-order valence-electron chi connectivity index (χ4n) is 2.82. The molecule has 2 amide bonds. The zero-order chi connectivity index (χ0) is 19.4. The van der Waals surface area contributed by atoms with Crippen molar-refractivity contribution in [3.05, 3.63) is 48.3 Å². The van der Waals surface area contributed by atoms with Crippen LogP contribution in [0, 0.1) is 0 Å². The van der Waals surface area contributed by atoms with Gasteiger partial charge in [-0.05, 0) is 42.8 Å². The second-order valence-electron chi connectivity index (χ2n) is 6.39. The van der Waals surface area contributed by atoms with Gasteiger partial charge in [-0.1, -0.05) is 0 Å². The van der Waals surface area contributed by atoms with Gasteiger partial charge in [-0.25, -0.2) is 8.42 Å². The number of nitrogens with zero attached hydrogens (tertiary/aromatic N) is 1. The number of anilines is 3. The van der Waals surface area contributed by atoms with Gasteiger partial charge in [0.05, 0.1) is 11.5 Å². The average Bonchev–Trinajstić information content (AvgIpc) is 2.95. The van der Waals surface area contributed by atoms with E-state index in [0.717, 1.165) is 0 Å². The second-order valence-corrected chi connectivity index (χ2v) is 8.62. The Morgan fingerprint density at radius 2 is 1.70 bits per heavy atom. The highest BCUT2D eigenvalue weighted by Gasteiger charge is 2.27. The van der Waals surface area contributed by atoms with Crippen LogP contribution in [-0.2, 0) is 14.6 Å². The van der Waals surface area contributed by atoms with E-state index in [9.17, 15) is 18.0 Å². The van der Waals surface area contributed by atoms with Crippen molar-refractivity contribution >= 4 is 38.7 Å². The average molecular weight is 388 g/mol.